The number of benzene rings is 3. The van der Waals surface area contributed by atoms with Crippen LogP contribution in [0.5, 0.6) is 17.2 Å². The van der Waals surface area contributed by atoms with Crippen molar-refractivity contribution in [1.29, 1.82) is 0 Å². The number of rotatable bonds is 6. The van der Waals surface area contributed by atoms with Crippen LogP contribution in [0.25, 0.3) is 17.2 Å². The standard InChI is InChI=1S/C28H26FNO4/c1-16-7-5-6-8-24(16)30-27(31)15-22-17(2)21(20-10-9-19(29)14-23(20)22)11-18-12-25(33-3)28(32)26(13-18)34-4/h5-14,32H,15H2,1-4H3,(H,30,31)/b21-11-. The Morgan fingerprint density at radius 3 is 2.32 bits per heavy atom. The summed E-state index contributed by atoms with van der Waals surface area (Å²) in [4.78, 5) is 12.9. The average molecular weight is 460 g/mol. The molecule has 3 aromatic carbocycles. The molecular formula is C28H26FNO4. The van der Waals surface area contributed by atoms with E-state index in [1.54, 1.807) is 18.2 Å². The van der Waals surface area contributed by atoms with E-state index in [2.05, 4.69) is 5.32 Å². The number of allylic oxidation sites excluding steroid dienone is 2. The Morgan fingerprint density at radius 1 is 1.00 bits per heavy atom. The SMILES string of the molecule is COc1cc(/C=C2/C(C)=C(CC(=O)Nc3ccccc3C)c3cc(F)ccc32)cc(OC)c1O. The van der Waals surface area contributed by atoms with Gasteiger partial charge in [-0.1, -0.05) is 24.3 Å². The molecule has 0 bridgehead atoms. The molecule has 6 heteroatoms. The number of nitrogens with one attached hydrogen (secondary N) is 1. The van der Waals surface area contributed by atoms with Crippen molar-refractivity contribution in [3.05, 3.63) is 88.2 Å². The molecule has 0 saturated carbocycles. The number of aryl methyl sites for hydroxylation is 1. The Hall–Kier alpha value is -4.06. The van der Waals surface area contributed by atoms with Gasteiger partial charge in [-0.25, -0.2) is 4.39 Å². The molecular weight excluding hydrogens is 433 g/mol. The lowest BCUT2D eigenvalue weighted by atomic mass is 10.00. The highest BCUT2D eigenvalue weighted by Crippen LogP contribution is 2.45. The van der Waals surface area contributed by atoms with Gasteiger partial charge in [-0.05, 0) is 89.2 Å². The van der Waals surface area contributed by atoms with E-state index >= 15 is 0 Å². The summed E-state index contributed by atoms with van der Waals surface area (Å²) >= 11 is 0. The van der Waals surface area contributed by atoms with Gasteiger partial charge in [0.1, 0.15) is 5.82 Å². The first-order chi connectivity index (χ1) is 16.3. The number of carbonyl (C=O) groups is 1. The second-order valence-electron chi connectivity index (χ2n) is 8.17. The van der Waals surface area contributed by atoms with E-state index in [-0.39, 0.29) is 35.4 Å². The molecule has 0 aromatic heterocycles. The fraction of sp³-hybridized carbons (Fsp3) is 0.179. The third-order valence-electron chi connectivity index (χ3n) is 6.02. The molecule has 5 nitrogen and oxygen atoms in total. The van der Waals surface area contributed by atoms with Crippen LogP contribution in [0.1, 0.15) is 35.6 Å². The van der Waals surface area contributed by atoms with Crippen molar-refractivity contribution in [2.45, 2.75) is 20.3 Å². The van der Waals surface area contributed by atoms with Crippen LogP contribution in [-0.4, -0.2) is 25.2 Å². The van der Waals surface area contributed by atoms with Gasteiger partial charge in [0.25, 0.3) is 0 Å². The van der Waals surface area contributed by atoms with Gasteiger partial charge in [0.15, 0.2) is 11.5 Å². The number of hydrogen-bond acceptors (Lipinski definition) is 4. The number of halogens is 1. The average Bonchev–Trinajstić information content (AvgIpc) is 3.06. The highest BCUT2D eigenvalue weighted by molar-refractivity contribution is 6.10. The molecule has 0 radical (unpaired) electrons. The largest absolute Gasteiger partial charge is 0.502 e. The van der Waals surface area contributed by atoms with Gasteiger partial charge in [-0.3, -0.25) is 4.79 Å². The van der Waals surface area contributed by atoms with Crippen LogP contribution in [0.2, 0.25) is 0 Å². The highest BCUT2D eigenvalue weighted by Gasteiger charge is 2.26. The van der Waals surface area contributed by atoms with E-state index < -0.39 is 0 Å². The first kappa shape index (κ1) is 23.1. The second kappa shape index (κ2) is 9.43. The van der Waals surface area contributed by atoms with Gasteiger partial charge in [0, 0.05) is 5.69 Å². The Bertz CT molecular complexity index is 1310. The van der Waals surface area contributed by atoms with Gasteiger partial charge in [-0.15, -0.1) is 0 Å². The minimum atomic E-state index is -0.363. The van der Waals surface area contributed by atoms with E-state index in [1.807, 2.05) is 44.2 Å². The van der Waals surface area contributed by atoms with Crippen molar-refractivity contribution in [3.63, 3.8) is 0 Å². The molecule has 0 heterocycles. The van der Waals surface area contributed by atoms with Crippen molar-refractivity contribution in [2.75, 3.05) is 19.5 Å². The zero-order valence-electron chi connectivity index (χ0n) is 19.5. The lowest BCUT2D eigenvalue weighted by molar-refractivity contribution is -0.115. The Balaban J connectivity index is 1.75. The molecule has 4 rings (SSSR count). The van der Waals surface area contributed by atoms with Crippen LogP contribution in [0.3, 0.4) is 0 Å². The number of carbonyl (C=O) groups excluding carboxylic acids is 1. The minimum absolute atomic E-state index is 0.0816. The molecule has 2 N–H and O–H groups in total. The second-order valence-corrected chi connectivity index (χ2v) is 8.17. The van der Waals surface area contributed by atoms with Gasteiger partial charge in [-0.2, -0.15) is 0 Å². The van der Waals surface area contributed by atoms with Gasteiger partial charge in [0.05, 0.1) is 20.6 Å². The molecule has 1 aliphatic rings. The molecule has 0 unspecified atom stereocenters. The van der Waals surface area contributed by atoms with E-state index in [0.717, 1.165) is 39.1 Å². The number of para-hydroxylation sites is 1. The van der Waals surface area contributed by atoms with Crippen LogP contribution in [-0.2, 0) is 4.79 Å². The fourth-order valence-corrected chi connectivity index (χ4v) is 4.21. The molecule has 0 saturated heterocycles. The Kier molecular flexibility index (Phi) is 6.41. The summed E-state index contributed by atoms with van der Waals surface area (Å²) in [5.74, 6) is -0.0569. The molecule has 1 amide bonds. The van der Waals surface area contributed by atoms with Crippen LogP contribution in [0.4, 0.5) is 10.1 Å². The number of anilines is 1. The summed E-state index contributed by atoms with van der Waals surface area (Å²) in [6.45, 7) is 3.86. The van der Waals surface area contributed by atoms with Crippen molar-refractivity contribution >= 4 is 28.8 Å². The fourth-order valence-electron chi connectivity index (χ4n) is 4.21. The van der Waals surface area contributed by atoms with E-state index in [9.17, 15) is 14.3 Å². The number of aromatic hydroxyl groups is 1. The Morgan fingerprint density at radius 2 is 1.68 bits per heavy atom. The van der Waals surface area contributed by atoms with Crippen LogP contribution >= 0.6 is 0 Å². The summed E-state index contributed by atoms with van der Waals surface area (Å²) in [5.41, 5.74) is 6.50. The summed E-state index contributed by atoms with van der Waals surface area (Å²) in [6, 6.07) is 15.6. The number of ether oxygens (including phenoxy) is 2. The van der Waals surface area contributed by atoms with Crippen molar-refractivity contribution < 1.29 is 23.8 Å². The van der Waals surface area contributed by atoms with E-state index in [4.69, 9.17) is 9.47 Å². The summed E-state index contributed by atoms with van der Waals surface area (Å²) in [7, 11) is 2.94. The normalized spacial score (nSPS) is 13.7. The number of phenolic OH excluding ortho intramolecular Hbond substituents is 1. The number of fused-ring (bicyclic) bond motifs is 1. The monoisotopic (exact) mass is 459 g/mol. The topological polar surface area (TPSA) is 67.8 Å². The lowest BCUT2D eigenvalue weighted by Crippen LogP contribution is -2.12. The quantitative estimate of drug-likeness (QED) is 0.460. The number of phenols is 1. The van der Waals surface area contributed by atoms with Crippen LogP contribution in [0, 0.1) is 12.7 Å². The third-order valence-corrected chi connectivity index (χ3v) is 6.02. The van der Waals surface area contributed by atoms with Crippen LogP contribution < -0.4 is 14.8 Å². The first-order valence-electron chi connectivity index (χ1n) is 10.8. The third kappa shape index (κ3) is 4.39. The molecule has 1 aliphatic carbocycles. The summed E-state index contributed by atoms with van der Waals surface area (Å²) in [5, 5.41) is 13.2. The van der Waals surface area contributed by atoms with Crippen LogP contribution in [0.15, 0.2) is 60.2 Å². The molecule has 0 atom stereocenters. The molecule has 0 spiro atoms. The maximum atomic E-state index is 14.2. The number of hydrogen-bond donors (Lipinski definition) is 2. The Labute approximate surface area is 198 Å². The van der Waals surface area contributed by atoms with Gasteiger partial charge >= 0.3 is 0 Å². The summed E-state index contributed by atoms with van der Waals surface area (Å²) < 4.78 is 24.7. The van der Waals surface area contributed by atoms with Crippen molar-refractivity contribution in [3.8, 4) is 17.2 Å². The maximum absolute atomic E-state index is 14.2. The predicted octanol–water partition coefficient (Wildman–Crippen LogP) is 6.21. The first-order valence-corrected chi connectivity index (χ1v) is 10.8. The number of amides is 1. The van der Waals surface area contributed by atoms with E-state index in [1.165, 1.54) is 26.4 Å². The number of methoxy groups -OCH3 is 2. The van der Waals surface area contributed by atoms with Crippen molar-refractivity contribution in [1.82, 2.24) is 0 Å². The van der Waals surface area contributed by atoms with Gasteiger partial charge in [0.2, 0.25) is 11.7 Å². The zero-order chi connectivity index (χ0) is 24.4. The van der Waals surface area contributed by atoms with E-state index in [0.29, 0.717) is 5.56 Å². The molecule has 34 heavy (non-hydrogen) atoms. The molecule has 0 aliphatic heterocycles. The highest BCUT2D eigenvalue weighted by atomic mass is 19.1. The minimum Gasteiger partial charge on any atom is -0.502 e. The molecule has 3 aromatic rings. The molecule has 174 valence electrons. The van der Waals surface area contributed by atoms with Gasteiger partial charge < -0.3 is 19.9 Å². The van der Waals surface area contributed by atoms with Crippen molar-refractivity contribution in [2.24, 2.45) is 0 Å². The summed E-state index contributed by atoms with van der Waals surface area (Å²) in [6.07, 6.45) is 2.03. The maximum Gasteiger partial charge on any atom is 0.228 e. The molecule has 0 fully saturated rings. The lowest BCUT2D eigenvalue weighted by Gasteiger charge is -2.11. The smallest absolute Gasteiger partial charge is 0.228 e. The zero-order valence-corrected chi connectivity index (χ0v) is 19.5. The predicted molar refractivity (Wildman–Crippen MR) is 133 cm³/mol.